The maximum atomic E-state index is 13.1. The third-order valence-electron chi connectivity index (χ3n) is 4.23. The van der Waals surface area contributed by atoms with Gasteiger partial charge in [-0.2, -0.15) is 0 Å². The Morgan fingerprint density at radius 1 is 1.09 bits per heavy atom. The number of methoxy groups -OCH3 is 1. The average Bonchev–Trinajstić information content (AvgIpc) is 2.80. The molecule has 0 bridgehead atoms. The van der Waals surface area contributed by atoms with Crippen molar-refractivity contribution in [3.8, 4) is 5.75 Å². The second kappa shape index (κ2) is 11.1. The summed E-state index contributed by atoms with van der Waals surface area (Å²) in [5.41, 5.74) is -0.411. The first-order valence-corrected chi connectivity index (χ1v) is 10.8. The molecule has 2 aromatic carbocycles. The van der Waals surface area contributed by atoms with Crippen molar-refractivity contribution in [2.24, 2.45) is 0 Å². The lowest BCUT2D eigenvalue weighted by molar-refractivity contribution is -0.114. The topological polar surface area (TPSA) is 142 Å². The molecule has 3 rings (SSSR count). The van der Waals surface area contributed by atoms with Crippen molar-refractivity contribution in [1.29, 1.82) is 0 Å². The summed E-state index contributed by atoms with van der Waals surface area (Å²) in [6.45, 7) is 1.21. The van der Waals surface area contributed by atoms with Gasteiger partial charge >= 0.3 is 0 Å². The van der Waals surface area contributed by atoms with E-state index in [-0.39, 0.29) is 33.9 Å². The highest BCUT2D eigenvalue weighted by Gasteiger charge is 2.17. The molecule has 12 heteroatoms. The molecule has 1 aromatic heterocycles. The number of halogens is 1. The average molecular weight is 485 g/mol. The lowest BCUT2D eigenvalue weighted by Gasteiger charge is -2.12. The van der Waals surface area contributed by atoms with Gasteiger partial charge < -0.3 is 20.7 Å². The highest BCUT2D eigenvalue weighted by atomic mass is 32.2. The van der Waals surface area contributed by atoms with Crippen LogP contribution in [0, 0.1) is 5.82 Å². The standard InChI is InChI=1S/C22H20FN5O5S/c1-12(29)24-19-18(26-20(31)13-6-8-14(23)9-7-13)21(32)28-22(27-19)34-11-17(30)25-15-4-3-5-16(10-15)33-2/h3-10H,11H2,1-2H3,(H,25,30)(H,26,31)(H2,24,27,28,29,32). The SMILES string of the molecule is COc1cccc(NC(=O)CSc2nc(NC(C)=O)c(NC(=O)c3ccc(F)cc3)c(=O)[nH]2)c1. The molecule has 0 aliphatic heterocycles. The number of carbonyl (C=O) groups excluding carboxylic acids is 3. The molecule has 0 fully saturated rings. The van der Waals surface area contributed by atoms with E-state index in [1.807, 2.05) is 0 Å². The number of amides is 3. The van der Waals surface area contributed by atoms with Gasteiger partial charge in [-0.3, -0.25) is 24.2 Å². The molecule has 0 unspecified atom stereocenters. The maximum absolute atomic E-state index is 13.1. The molecule has 1 heterocycles. The van der Waals surface area contributed by atoms with Crippen LogP contribution < -0.4 is 26.2 Å². The number of ether oxygens (including phenoxy) is 1. The number of aromatic amines is 1. The fourth-order valence-corrected chi connectivity index (χ4v) is 3.37. The number of rotatable bonds is 8. The van der Waals surface area contributed by atoms with Gasteiger partial charge in [0.2, 0.25) is 11.8 Å². The van der Waals surface area contributed by atoms with Crippen LogP contribution in [0.3, 0.4) is 0 Å². The van der Waals surface area contributed by atoms with Crippen molar-refractivity contribution in [2.45, 2.75) is 12.1 Å². The molecular formula is C22H20FN5O5S. The van der Waals surface area contributed by atoms with E-state index in [9.17, 15) is 23.6 Å². The smallest absolute Gasteiger partial charge is 0.277 e. The van der Waals surface area contributed by atoms with E-state index in [4.69, 9.17) is 4.74 Å². The minimum atomic E-state index is -0.745. The summed E-state index contributed by atoms with van der Waals surface area (Å²) in [6, 6.07) is 11.5. The van der Waals surface area contributed by atoms with E-state index in [0.717, 1.165) is 23.9 Å². The Morgan fingerprint density at radius 3 is 2.50 bits per heavy atom. The Kier molecular flexibility index (Phi) is 7.98. The summed E-state index contributed by atoms with van der Waals surface area (Å²) in [7, 11) is 1.51. The molecule has 34 heavy (non-hydrogen) atoms. The zero-order valence-electron chi connectivity index (χ0n) is 18.1. The van der Waals surface area contributed by atoms with Crippen LogP contribution in [0.15, 0.2) is 58.5 Å². The van der Waals surface area contributed by atoms with Crippen LogP contribution in [0.25, 0.3) is 0 Å². The summed E-state index contributed by atoms with van der Waals surface area (Å²) in [5.74, 6) is -1.82. The number of carbonyl (C=O) groups is 3. The number of benzene rings is 2. The number of nitrogens with one attached hydrogen (secondary N) is 4. The highest BCUT2D eigenvalue weighted by Crippen LogP contribution is 2.21. The van der Waals surface area contributed by atoms with Crippen molar-refractivity contribution in [1.82, 2.24) is 9.97 Å². The van der Waals surface area contributed by atoms with Gasteiger partial charge in [-0.15, -0.1) is 0 Å². The molecule has 4 N–H and O–H groups in total. The first kappa shape index (κ1) is 24.5. The van der Waals surface area contributed by atoms with Crippen molar-refractivity contribution in [3.05, 3.63) is 70.3 Å². The number of H-pyrrole nitrogens is 1. The number of anilines is 3. The van der Waals surface area contributed by atoms with Gasteiger partial charge in [-0.05, 0) is 36.4 Å². The van der Waals surface area contributed by atoms with Gasteiger partial charge in [0.05, 0.1) is 12.9 Å². The van der Waals surface area contributed by atoms with Crippen molar-refractivity contribution in [3.63, 3.8) is 0 Å². The number of hydrogen-bond donors (Lipinski definition) is 4. The molecule has 0 aliphatic carbocycles. The summed E-state index contributed by atoms with van der Waals surface area (Å²) in [5, 5.41) is 7.51. The molecule has 0 saturated carbocycles. The minimum absolute atomic E-state index is 0.0503. The largest absolute Gasteiger partial charge is 0.497 e. The Morgan fingerprint density at radius 2 is 1.82 bits per heavy atom. The van der Waals surface area contributed by atoms with E-state index >= 15 is 0 Å². The van der Waals surface area contributed by atoms with Crippen LogP contribution in [0.1, 0.15) is 17.3 Å². The number of hydrogen-bond acceptors (Lipinski definition) is 7. The van der Waals surface area contributed by atoms with Gasteiger partial charge in [-0.1, -0.05) is 17.8 Å². The van der Waals surface area contributed by atoms with E-state index in [0.29, 0.717) is 11.4 Å². The number of thioether (sulfide) groups is 1. The van der Waals surface area contributed by atoms with Crippen LogP contribution >= 0.6 is 11.8 Å². The lowest BCUT2D eigenvalue weighted by Crippen LogP contribution is -2.24. The van der Waals surface area contributed by atoms with Gasteiger partial charge in [0.1, 0.15) is 11.6 Å². The monoisotopic (exact) mass is 485 g/mol. The summed E-state index contributed by atoms with van der Waals surface area (Å²) in [6.07, 6.45) is 0. The van der Waals surface area contributed by atoms with Crippen LogP contribution in [0.2, 0.25) is 0 Å². The second-order valence-corrected chi connectivity index (χ2v) is 7.77. The quantitative estimate of drug-likeness (QED) is 0.284. The highest BCUT2D eigenvalue weighted by molar-refractivity contribution is 7.99. The molecule has 0 atom stereocenters. The lowest BCUT2D eigenvalue weighted by atomic mass is 10.2. The second-order valence-electron chi connectivity index (χ2n) is 6.81. The van der Waals surface area contributed by atoms with Gasteiger partial charge in [-0.25, -0.2) is 9.37 Å². The van der Waals surface area contributed by atoms with Gasteiger partial charge in [0.15, 0.2) is 16.7 Å². The normalized spacial score (nSPS) is 10.3. The first-order valence-electron chi connectivity index (χ1n) is 9.80. The summed E-state index contributed by atoms with van der Waals surface area (Å²) >= 11 is 0.923. The predicted molar refractivity (Wildman–Crippen MR) is 126 cm³/mol. The molecule has 176 valence electrons. The number of aromatic nitrogens is 2. The summed E-state index contributed by atoms with van der Waals surface area (Å²) in [4.78, 5) is 55.6. The molecule has 0 spiro atoms. The third-order valence-corrected chi connectivity index (χ3v) is 5.10. The van der Waals surface area contributed by atoms with Crippen LogP contribution in [0.4, 0.5) is 21.6 Å². The maximum Gasteiger partial charge on any atom is 0.277 e. The van der Waals surface area contributed by atoms with Crippen LogP contribution in [0.5, 0.6) is 5.75 Å². The zero-order chi connectivity index (χ0) is 24.7. The number of nitrogens with zero attached hydrogens (tertiary/aromatic N) is 1. The van der Waals surface area contributed by atoms with E-state index in [1.165, 1.54) is 26.2 Å². The summed E-state index contributed by atoms with van der Waals surface area (Å²) < 4.78 is 18.2. The minimum Gasteiger partial charge on any atom is -0.497 e. The van der Waals surface area contributed by atoms with Crippen molar-refractivity contribution < 1.29 is 23.5 Å². The van der Waals surface area contributed by atoms with Crippen LogP contribution in [-0.2, 0) is 9.59 Å². The molecule has 10 nitrogen and oxygen atoms in total. The van der Waals surface area contributed by atoms with Crippen molar-refractivity contribution in [2.75, 3.05) is 28.8 Å². The Hall–Kier alpha value is -4.19. The third kappa shape index (κ3) is 6.65. The molecule has 3 aromatic rings. The van der Waals surface area contributed by atoms with Gasteiger partial charge in [0, 0.05) is 24.2 Å². The molecule has 0 saturated heterocycles. The van der Waals surface area contributed by atoms with Gasteiger partial charge in [0.25, 0.3) is 11.5 Å². The molecular weight excluding hydrogens is 465 g/mol. The Balaban J connectivity index is 1.74. The van der Waals surface area contributed by atoms with Crippen LogP contribution in [-0.4, -0.2) is 40.6 Å². The molecule has 0 radical (unpaired) electrons. The molecule has 3 amide bonds. The van der Waals surface area contributed by atoms with E-state index in [2.05, 4.69) is 25.9 Å². The molecule has 0 aliphatic rings. The zero-order valence-corrected chi connectivity index (χ0v) is 18.9. The Bertz CT molecular complexity index is 1280. The van der Waals surface area contributed by atoms with E-state index in [1.54, 1.807) is 24.3 Å². The Labute approximate surface area is 197 Å². The van der Waals surface area contributed by atoms with Crippen molar-refractivity contribution >= 4 is 46.7 Å². The fourth-order valence-electron chi connectivity index (χ4n) is 2.71. The van der Waals surface area contributed by atoms with E-state index < -0.39 is 23.2 Å². The predicted octanol–water partition coefficient (Wildman–Crippen LogP) is 2.86. The fraction of sp³-hybridized carbons (Fsp3) is 0.136. The first-order chi connectivity index (χ1) is 16.2.